The van der Waals surface area contributed by atoms with Crippen LogP contribution in [0.5, 0.6) is 0 Å². The van der Waals surface area contributed by atoms with Crippen molar-refractivity contribution in [3.63, 3.8) is 0 Å². The average Bonchev–Trinajstić information content (AvgIpc) is 3.13. The van der Waals surface area contributed by atoms with E-state index in [9.17, 15) is 4.79 Å². The van der Waals surface area contributed by atoms with Gasteiger partial charge in [0.2, 0.25) is 0 Å². The molecule has 0 fully saturated rings. The third-order valence-corrected chi connectivity index (χ3v) is 4.52. The second-order valence-corrected chi connectivity index (χ2v) is 5.90. The van der Waals surface area contributed by atoms with Gasteiger partial charge in [-0.3, -0.25) is 4.68 Å². The molecule has 6 heteroatoms. The van der Waals surface area contributed by atoms with Crippen molar-refractivity contribution in [1.82, 2.24) is 20.0 Å². The van der Waals surface area contributed by atoms with Crippen LogP contribution in [0.4, 0.5) is 4.79 Å². The van der Waals surface area contributed by atoms with E-state index in [2.05, 4.69) is 21.9 Å². The summed E-state index contributed by atoms with van der Waals surface area (Å²) in [6.07, 6.45) is 5.58. The summed E-state index contributed by atoms with van der Waals surface area (Å²) in [6, 6.07) is 4.07. The molecule has 3 heterocycles. The minimum Gasteiger partial charge on any atom is -0.338 e. The first-order valence-corrected chi connectivity index (χ1v) is 7.76. The van der Waals surface area contributed by atoms with Gasteiger partial charge in [-0.15, -0.1) is 11.3 Å². The first-order valence-electron chi connectivity index (χ1n) is 6.88. The van der Waals surface area contributed by atoms with Gasteiger partial charge in [0, 0.05) is 43.4 Å². The number of urea groups is 1. The van der Waals surface area contributed by atoms with Crippen LogP contribution >= 0.6 is 11.3 Å². The number of nitrogens with zero attached hydrogens (tertiary/aromatic N) is 3. The van der Waals surface area contributed by atoms with E-state index in [0.29, 0.717) is 6.54 Å². The van der Waals surface area contributed by atoms with Crippen LogP contribution in [-0.2, 0) is 19.5 Å². The third kappa shape index (κ3) is 3.01. The van der Waals surface area contributed by atoms with Crippen molar-refractivity contribution < 1.29 is 4.79 Å². The molecule has 0 bridgehead atoms. The molecule has 0 atom stereocenters. The second kappa shape index (κ2) is 6.09. The first kappa shape index (κ1) is 13.2. The van der Waals surface area contributed by atoms with E-state index in [1.807, 2.05) is 21.8 Å². The van der Waals surface area contributed by atoms with E-state index in [0.717, 1.165) is 32.5 Å². The van der Waals surface area contributed by atoms with E-state index in [4.69, 9.17) is 0 Å². The Morgan fingerprint density at radius 1 is 1.50 bits per heavy atom. The Morgan fingerprint density at radius 2 is 2.45 bits per heavy atom. The summed E-state index contributed by atoms with van der Waals surface area (Å²) in [4.78, 5) is 15.4. The van der Waals surface area contributed by atoms with Crippen molar-refractivity contribution in [1.29, 1.82) is 0 Å². The van der Waals surface area contributed by atoms with Gasteiger partial charge in [-0.05, 0) is 35.9 Å². The maximum atomic E-state index is 12.1. The van der Waals surface area contributed by atoms with Crippen LogP contribution in [0.15, 0.2) is 29.9 Å². The van der Waals surface area contributed by atoms with E-state index >= 15 is 0 Å². The Kier molecular flexibility index (Phi) is 4.01. The Labute approximate surface area is 122 Å². The van der Waals surface area contributed by atoms with Crippen LogP contribution in [0.3, 0.4) is 0 Å². The lowest BCUT2D eigenvalue weighted by Gasteiger charge is -2.27. The molecule has 0 radical (unpaired) electrons. The van der Waals surface area contributed by atoms with Crippen LogP contribution in [0.2, 0.25) is 0 Å². The van der Waals surface area contributed by atoms with Crippen molar-refractivity contribution in [2.75, 3.05) is 13.1 Å². The number of hydrogen-bond donors (Lipinski definition) is 1. The minimum atomic E-state index is 0.0438. The molecule has 1 aliphatic heterocycles. The van der Waals surface area contributed by atoms with Crippen molar-refractivity contribution in [2.24, 2.45) is 0 Å². The van der Waals surface area contributed by atoms with Crippen LogP contribution in [0, 0.1) is 0 Å². The zero-order chi connectivity index (χ0) is 13.8. The smallest absolute Gasteiger partial charge is 0.317 e. The number of hydrogen-bond acceptors (Lipinski definition) is 3. The van der Waals surface area contributed by atoms with Crippen molar-refractivity contribution in [2.45, 2.75) is 25.9 Å². The van der Waals surface area contributed by atoms with Gasteiger partial charge >= 0.3 is 6.03 Å². The number of thiophene rings is 1. The Hall–Kier alpha value is -1.82. The largest absolute Gasteiger partial charge is 0.338 e. The van der Waals surface area contributed by atoms with Gasteiger partial charge in [0.15, 0.2) is 0 Å². The maximum Gasteiger partial charge on any atom is 0.317 e. The zero-order valence-corrected chi connectivity index (χ0v) is 12.1. The van der Waals surface area contributed by atoms with Crippen LogP contribution in [0.1, 0.15) is 16.9 Å². The summed E-state index contributed by atoms with van der Waals surface area (Å²) in [5.74, 6) is 0. The standard InChI is InChI=1S/C14H18N4OS/c19-14(15-5-1-7-18-8-2-6-16-18)17-9-3-13-12(11-17)4-10-20-13/h2,4,6,8,10H,1,3,5,7,9,11H2,(H,15,19). The molecule has 0 aromatic carbocycles. The van der Waals surface area contributed by atoms with Gasteiger partial charge in [-0.2, -0.15) is 5.10 Å². The van der Waals surface area contributed by atoms with Gasteiger partial charge in [0.05, 0.1) is 0 Å². The van der Waals surface area contributed by atoms with Crippen LogP contribution < -0.4 is 5.32 Å². The number of fused-ring (bicyclic) bond motifs is 1. The van der Waals surface area contributed by atoms with E-state index in [-0.39, 0.29) is 6.03 Å². The highest BCUT2D eigenvalue weighted by Gasteiger charge is 2.20. The Balaban J connectivity index is 1.41. The second-order valence-electron chi connectivity index (χ2n) is 4.90. The molecule has 0 spiro atoms. The van der Waals surface area contributed by atoms with Gasteiger partial charge in [-0.1, -0.05) is 0 Å². The SMILES string of the molecule is O=C(NCCCn1cccn1)N1CCc2sccc2C1. The average molecular weight is 290 g/mol. The lowest BCUT2D eigenvalue weighted by molar-refractivity contribution is 0.192. The molecule has 2 aromatic rings. The third-order valence-electron chi connectivity index (χ3n) is 3.49. The van der Waals surface area contributed by atoms with Gasteiger partial charge in [0.1, 0.15) is 0 Å². The molecular weight excluding hydrogens is 272 g/mol. The molecule has 0 unspecified atom stereocenters. The number of carbonyl (C=O) groups excluding carboxylic acids is 1. The number of rotatable bonds is 4. The normalized spacial score (nSPS) is 14.1. The highest BCUT2D eigenvalue weighted by Crippen LogP contribution is 2.23. The number of amides is 2. The molecule has 2 aromatic heterocycles. The fourth-order valence-electron chi connectivity index (χ4n) is 2.40. The van der Waals surface area contributed by atoms with Crippen LogP contribution in [0.25, 0.3) is 0 Å². The molecule has 0 saturated heterocycles. The quantitative estimate of drug-likeness (QED) is 0.877. The highest BCUT2D eigenvalue weighted by atomic mass is 32.1. The highest BCUT2D eigenvalue weighted by molar-refractivity contribution is 7.10. The summed E-state index contributed by atoms with van der Waals surface area (Å²) in [5.41, 5.74) is 1.30. The van der Waals surface area contributed by atoms with Gasteiger partial charge < -0.3 is 10.2 Å². The molecule has 3 rings (SSSR count). The Morgan fingerprint density at radius 3 is 3.30 bits per heavy atom. The minimum absolute atomic E-state index is 0.0438. The van der Waals surface area contributed by atoms with E-state index < -0.39 is 0 Å². The lowest BCUT2D eigenvalue weighted by atomic mass is 10.1. The molecule has 20 heavy (non-hydrogen) atoms. The summed E-state index contributed by atoms with van der Waals surface area (Å²) >= 11 is 1.79. The maximum absolute atomic E-state index is 12.1. The van der Waals surface area contributed by atoms with Crippen molar-refractivity contribution in [3.05, 3.63) is 40.3 Å². The van der Waals surface area contributed by atoms with Crippen molar-refractivity contribution >= 4 is 17.4 Å². The number of carbonyl (C=O) groups is 1. The lowest BCUT2D eigenvalue weighted by Crippen LogP contribution is -2.42. The molecular formula is C14H18N4OS. The van der Waals surface area contributed by atoms with Gasteiger partial charge in [-0.25, -0.2) is 4.79 Å². The first-order chi connectivity index (χ1) is 9.83. The summed E-state index contributed by atoms with van der Waals surface area (Å²) in [7, 11) is 0. The summed E-state index contributed by atoms with van der Waals surface area (Å²) in [6.45, 7) is 3.08. The molecule has 0 saturated carbocycles. The summed E-state index contributed by atoms with van der Waals surface area (Å²) in [5, 5.41) is 9.23. The zero-order valence-electron chi connectivity index (χ0n) is 11.3. The van der Waals surface area contributed by atoms with Crippen molar-refractivity contribution in [3.8, 4) is 0 Å². The van der Waals surface area contributed by atoms with Crippen LogP contribution in [-0.4, -0.2) is 33.8 Å². The monoisotopic (exact) mass is 290 g/mol. The number of nitrogens with one attached hydrogen (secondary N) is 1. The van der Waals surface area contributed by atoms with E-state index in [1.165, 1.54) is 10.4 Å². The van der Waals surface area contributed by atoms with Gasteiger partial charge in [0.25, 0.3) is 0 Å². The topological polar surface area (TPSA) is 50.2 Å². The molecule has 106 valence electrons. The predicted octanol–water partition coefficient (Wildman–Crippen LogP) is 2.10. The number of aryl methyl sites for hydroxylation is 1. The predicted molar refractivity (Wildman–Crippen MR) is 78.7 cm³/mol. The summed E-state index contributed by atoms with van der Waals surface area (Å²) < 4.78 is 1.88. The molecule has 2 amide bonds. The van der Waals surface area contributed by atoms with E-state index in [1.54, 1.807) is 17.5 Å². The Bertz CT molecular complexity index is 564. The molecule has 1 N–H and O–H groups in total. The molecule has 5 nitrogen and oxygen atoms in total. The molecule has 0 aliphatic carbocycles. The fraction of sp³-hybridized carbons (Fsp3) is 0.429. The fourth-order valence-corrected chi connectivity index (χ4v) is 3.29. The number of aromatic nitrogens is 2. The molecule has 1 aliphatic rings.